The van der Waals surface area contributed by atoms with E-state index >= 15 is 0 Å². The summed E-state index contributed by atoms with van der Waals surface area (Å²) < 4.78 is 32.2. The van der Waals surface area contributed by atoms with Gasteiger partial charge in [0.15, 0.2) is 0 Å². The van der Waals surface area contributed by atoms with Gasteiger partial charge in [-0.2, -0.15) is 8.42 Å². The zero-order valence-electron chi connectivity index (χ0n) is 10.3. The Morgan fingerprint density at radius 1 is 1.39 bits per heavy atom. The number of rotatable bonds is 3. The highest BCUT2D eigenvalue weighted by atomic mass is 32.2. The van der Waals surface area contributed by atoms with Gasteiger partial charge in [-0.05, 0) is 11.1 Å². The van der Waals surface area contributed by atoms with E-state index in [-0.39, 0.29) is 12.6 Å². The summed E-state index contributed by atoms with van der Waals surface area (Å²) in [6.07, 6.45) is 1.05. The maximum absolute atomic E-state index is 10.9. The third kappa shape index (κ3) is 4.06. The number of nitrogens with one attached hydrogen (secondary N) is 1. The Kier molecular flexibility index (Phi) is 4.34. The molecule has 1 aromatic carbocycles. The van der Waals surface area contributed by atoms with Crippen molar-refractivity contribution in [2.24, 2.45) is 0 Å². The Bertz CT molecular complexity index is 501. The first-order chi connectivity index (χ1) is 8.54. The summed E-state index contributed by atoms with van der Waals surface area (Å²) in [6, 6.07) is 7.90. The van der Waals surface area contributed by atoms with Crippen LogP contribution in [0.15, 0.2) is 24.3 Å². The van der Waals surface area contributed by atoms with Crippen molar-refractivity contribution >= 4 is 10.1 Å². The van der Waals surface area contributed by atoms with E-state index in [4.69, 9.17) is 8.92 Å². The van der Waals surface area contributed by atoms with Crippen LogP contribution in [0, 0.1) is 0 Å². The van der Waals surface area contributed by atoms with Gasteiger partial charge >= 0.3 is 0 Å². The highest BCUT2D eigenvalue weighted by molar-refractivity contribution is 7.85. The Balaban J connectivity index is 1.96. The van der Waals surface area contributed by atoms with Crippen molar-refractivity contribution in [1.29, 1.82) is 0 Å². The Morgan fingerprint density at radius 2 is 2.11 bits per heavy atom. The number of ether oxygens (including phenoxy) is 1. The molecule has 1 heterocycles. The first kappa shape index (κ1) is 13.5. The third-order valence-electron chi connectivity index (χ3n) is 2.76. The van der Waals surface area contributed by atoms with Gasteiger partial charge in [-0.15, -0.1) is 0 Å². The lowest BCUT2D eigenvalue weighted by Gasteiger charge is -2.22. The zero-order valence-corrected chi connectivity index (χ0v) is 11.1. The fourth-order valence-corrected chi connectivity index (χ4v) is 2.22. The molecule has 0 saturated carbocycles. The van der Waals surface area contributed by atoms with E-state index in [1.807, 2.05) is 24.3 Å². The molecule has 0 unspecified atom stereocenters. The van der Waals surface area contributed by atoms with Gasteiger partial charge < -0.3 is 10.1 Å². The molecule has 1 aliphatic rings. The minimum atomic E-state index is -3.40. The fraction of sp³-hybridized carbons (Fsp3) is 0.500. The van der Waals surface area contributed by atoms with Crippen molar-refractivity contribution < 1.29 is 17.3 Å². The van der Waals surface area contributed by atoms with Crippen LogP contribution in [0.2, 0.25) is 0 Å². The summed E-state index contributed by atoms with van der Waals surface area (Å²) in [7, 11) is -3.40. The van der Waals surface area contributed by atoms with Gasteiger partial charge in [0.2, 0.25) is 0 Å². The van der Waals surface area contributed by atoms with E-state index in [9.17, 15) is 8.42 Å². The second-order valence-electron chi connectivity index (χ2n) is 4.35. The smallest absolute Gasteiger partial charge is 0.264 e. The second kappa shape index (κ2) is 5.79. The molecule has 18 heavy (non-hydrogen) atoms. The van der Waals surface area contributed by atoms with Crippen molar-refractivity contribution in [3.05, 3.63) is 35.4 Å². The van der Waals surface area contributed by atoms with Crippen molar-refractivity contribution in [2.75, 3.05) is 19.5 Å². The number of benzene rings is 1. The van der Waals surface area contributed by atoms with Crippen LogP contribution in [-0.2, 0) is 32.2 Å². The SMILES string of the molecule is CS(=O)(=O)OC[C@@H]1COCc2ccccc2CN1. The van der Waals surface area contributed by atoms with E-state index in [0.717, 1.165) is 11.8 Å². The first-order valence-electron chi connectivity index (χ1n) is 5.77. The minimum absolute atomic E-state index is 0.0982. The highest BCUT2D eigenvalue weighted by Gasteiger charge is 2.16. The predicted octanol–water partition coefficient (Wildman–Crippen LogP) is 0.651. The van der Waals surface area contributed by atoms with E-state index in [1.165, 1.54) is 5.56 Å². The van der Waals surface area contributed by atoms with Crippen LogP contribution in [-0.4, -0.2) is 33.9 Å². The summed E-state index contributed by atoms with van der Waals surface area (Å²) in [4.78, 5) is 0. The van der Waals surface area contributed by atoms with Crippen LogP contribution in [0.4, 0.5) is 0 Å². The average molecular weight is 271 g/mol. The van der Waals surface area contributed by atoms with Gasteiger partial charge in [-0.25, -0.2) is 0 Å². The molecule has 0 saturated heterocycles. The molecule has 1 N–H and O–H groups in total. The number of hydrogen-bond donors (Lipinski definition) is 1. The summed E-state index contributed by atoms with van der Waals surface area (Å²) in [6.45, 7) is 1.77. The average Bonchev–Trinajstić information content (AvgIpc) is 2.28. The van der Waals surface area contributed by atoms with Crippen molar-refractivity contribution in [3.63, 3.8) is 0 Å². The molecule has 0 spiro atoms. The van der Waals surface area contributed by atoms with Crippen molar-refractivity contribution in [3.8, 4) is 0 Å². The molecule has 1 atom stereocenters. The quantitative estimate of drug-likeness (QED) is 0.818. The van der Waals surface area contributed by atoms with Gasteiger partial charge in [-0.3, -0.25) is 4.18 Å². The Labute approximate surface area is 107 Å². The Morgan fingerprint density at radius 3 is 2.83 bits per heavy atom. The van der Waals surface area contributed by atoms with Crippen LogP contribution in [0.5, 0.6) is 0 Å². The summed E-state index contributed by atoms with van der Waals surface area (Å²) in [5.74, 6) is 0. The summed E-state index contributed by atoms with van der Waals surface area (Å²) in [5.41, 5.74) is 2.33. The standard InChI is InChI=1S/C12H17NO4S/c1-18(14,15)17-9-12-8-16-7-11-5-3-2-4-10(11)6-13-12/h2-5,12-13H,6-9H2,1H3/t12-/m0/s1. The lowest BCUT2D eigenvalue weighted by atomic mass is 10.1. The number of fused-ring (bicyclic) bond motifs is 1. The third-order valence-corrected chi connectivity index (χ3v) is 3.32. The van der Waals surface area contributed by atoms with Crippen LogP contribution >= 0.6 is 0 Å². The molecule has 1 aliphatic heterocycles. The first-order valence-corrected chi connectivity index (χ1v) is 7.58. The molecular formula is C12H17NO4S. The second-order valence-corrected chi connectivity index (χ2v) is 5.99. The molecule has 100 valence electrons. The topological polar surface area (TPSA) is 64.6 Å². The molecule has 2 rings (SSSR count). The van der Waals surface area contributed by atoms with Crippen LogP contribution in [0.25, 0.3) is 0 Å². The monoisotopic (exact) mass is 271 g/mol. The molecule has 0 bridgehead atoms. The molecule has 0 fully saturated rings. The maximum atomic E-state index is 10.9. The lowest BCUT2D eigenvalue weighted by molar-refractivity contribution is 0.0777. The summed E-state index contributed by atoms with van der Waals surface area (Å²) >= 11 is 0. The lowest BCUT2D eigenvalue weighted by Crippen LogP contribution is -2.39. The van der Waals surface area contributed by atoms with E-state index in [2.05, 4.69) is 5.32 Å². The van der Waals surface area contributed by atoms with Crippen LogP contribution < -0.4 is 5.32 Å². The molecule has 1 aromatic rings. The normalized spacial score (nSPS) is 20.8. The number of hydrogen-bond acceptors (Lipinski definition) is 5. The van der Waals surface area contributed by atoms with Gasteiger partial charge in [-0.1, -0.05) is 24.3 Å². The predicted molar refractivity (Wildman–Crippen MR) is 67.5 cm³/mol. The van der Waals surface area contributed by atoms with Crippen LogP contribution in [0.3, 0.4) is 0 Å². The minimum Gasteiger partial charge on any atom is -0.375 e. The molecule has 6 heteroatoms. The zero-order chi connectivity index (χ0) is 13.0. The van der Waals surface area contributed by atoms with Crippen molar-refractivity contribution in [1.82, 2.24) is 5.32 Å². The molecule has 5 nitrogen and oxygen atoms in total. The van der Waals surface area contributed by atoms with Crippen LogP contribution in [0.1, 0.15) is 11.1 Å². The summed E-state index contributed by atoms with van der Waals surface area (Å²) in [5, 5.41) is 3.24. The van der Waals surface area contributed by atoms with Gasteiger partial charge in [0.05, 0.1) is 32.1 Å². The molecule has 0 aliphatic carbocycles. The molecule has 0 aromatic heterocycles. The highest BCUT2D eigenvalue weighted by Crippen LogP contribution is 2.13. The van der Waals surface area contributed by atoms with E-state index in [1.54, 1.807) is 0 Å². The largest absolute Gasteiger partial charge is 0.375 e. The fourth-order valence-electron chi connectivity index (χ4n) is 1.81. The van der Waals surface area contributed by atoms with Gasteiger partial charge in [0.25, 0.3) is 10.1 Å². The van der Waals surface area contributed by atoms with E-state index in [0.29, 0.717) is 19.8 Å². The molecule has 0 amide bonds. The van der Waals surface area contributed by atoms with E-state index < -0.39 is 10.1 Å². The molecule has 0 radical (unpaired) electrons. The maximum Gasteiger partial charge on any atom is 0.264 e. The molecular weight excluding hydrogens is 254 g/mol. The van der Waals surface area contributed by atoms with Gasteiger partial charge in [0, 0.05) is 6.54 Å². The van der Waals surface area contributed by atoms with Gasteiger partial charge in [0.1, 0.15) is 0 Å². The van der Waals surface area contributed by atoms with Crippen molar-refractivity contribution in [2.45, 2.75) is 19.2 Å². The Hall–Kier alpha value is -0.950.